The van der Waals surface area contributed by atoms with Crippen molar-refractivity contribution in [2.75, 3.05) is 5.73 Å². The van der Waals surface area contributed by atoms with Crippen LogP contribution >= 0.6 is 0 Å². The van der Waals surface area contributed by atoms with Crippen molar-refractivity contribution in [2.24, 2.45) is 0 Å². The fourth-order valence-corrected chi connectivity index (χ4v) is 1.97. The summed E-state index contributed by atoms with van der Waals surface area (Å²) in [6.45, 7) is 15.1. The lowest BCUT2D eigenvalue weighted by molar-refractivity contribution is 0.556. The Balaban J connectivity index is 3.42. The molecule has 0 spiro atoms. The molecule has 0 saturated carbocycles. The van der Waals surface area contributed by atoms with E-state index in [1.54, 1.807) is 0 Å². The maximum Gasteiger partial charge on any atom is 0.127 e. The third-order valence-corrected chi connectivity index (χ3v) is 2.72. The molecule has 0 bridgehead atoms. The zero-order chi connectivity index (χ0) is 12.7. The summed E-state index contributed by atoms with van der Waals surface area (Å²) in [5, 5.41) is 0. The van der Waals surface area contributed by atoms with E-state index in [1.165, 1.54) is 0 Å². The quantitative estimate of drug-likeness (QED) is 0.834. The summed E-state index contributed by atoms with van der Waals surface area (Å²) in [6, 6.07) is 0.362. The van der Waals surface area contributed by atoms with Crippen molar-refractivity contribution in [3.63, 3.8) is 0 Å². The average Bonchev–Trinajstić information content (AvgIpc) is 2.41. The van der Waals surface area contributed by atoms with Gasteiger partial charge in [-0.2, -0.15) is 0 Å². The molecule has 92 valence electrons. The van der Waals surface area contributed by atoms with Crippen molar-refractivity contribution in [3.05, 3.63) is 11.5 Å². The largest absolute Gasteiger partial charge is 0.384 e. The van der Waals surface area contributed by atoms with Gasteiger partial charge < -0.3 is 10.3 Å². The number of rotatable bonds is 2. The van der Waals surface area contributed by atoms with E-state index in [0.717, 1.165) is 17.3 Å². The number of imidazole rings is 1. The predicted octanol–water partition coefficient (Wildman–Crippen LogP) is 3.47. The Bertz CT molecular complexity index is 367. The molecule has 0 saturated heterocycles. The summed E-state index contributed by atoms with van der Waals surface area (Å²) in [5.74, 6) is 2.32. The van der Waals surface area contributed by atoms with Crippen molar-refractivity contribution < 1.29 is 0 Å². The van der Waals surface area contributed by atoms with Gasteiger partial charge in [0.15, 0.2) is 0 Å². The third kappa shape index (κ3) is 2.23. The Hall–Kier alpha value is -0.990. The van der Waals surface area contributed by atoms with Crippen LogP contribution in [0.4, 0.5) is 5.82 Å². The molecule has 0 atom stereocenters. The standard InChI is InChI=1S/C13H25N3/c1-8(2)12-15-10(13(5,6)7)11(14)16(12)9(3)4/h8-9H,14H2,1-7H3. The van der Waals surface area contributed by atoms with Crippen molar-refractivity contribution in [1.29, 1.82) is 0 Å². The van der Waals surface area contributed by atoms with Crippen LogP contribution < -0.4 is 5.73 Å². The van der Waals surface area contributed by atoms with E-state index >= 15 is 0 Å². The topological polar surface area (TPSA) is 43.8 Å². The van der Waals surface area contributed by atoms with Crippen LogP contribution in [-0.2, 0) is 5.41 Å². The van der Waals surface area contributed by atoms with Gasteiger partial charge in [0.05, 0.1) is 5.69 Å². The van der Waals surface area contributed by atoms with Crippen molar-refractivity contribution in [2.45, 2.75) is 65.8 Å². The Morgan fingerprint density at radius 3 is 1.88 bits per heavy atom. The first kappa shape index (κ1) is 13.1. The first-order valence-electron chi connectivity index (χ1n) is 6.04. The Labute approximate surface area is 99.1 Å². The van der Waals surface area contributed by atoms with E-state index < -0.39 is 0 Å². The molecule has 1 aromatic heterocycles. The Morgan fingerprint density at radius 1 is 1.12 bits per heavy atom. The van der Waals surface area contributed by atoms with Crippen LogP contribution in [0.3, 0.4) is 0 Å². The van der Waals surface area contributed by atoms with Gasteiger partial charge in [0.1, 0.15) is 11.6 Å². The molecule has 0 aliphatic rings. The number of hydrogen-bond donors (Lipinski definition) is 1. The highest BCUT2D eigenvalue weighted by Crippen LogP contribution is 2.32. The van der Waals surface area contributed by atoms with E-state index in [1.807, 2.05) is 0 Å². The molecule has 1 heterocycles. The maximum atomic E-state index is 6.23. The molecule has 3 nitrogen and oxygen atoms in total. The first-order chi connectivity index (χ1) is 7.16. The van der Waals surface area contributed by atoms with E-state index in [-0.39, 0.29) is 5.41 Å². The van der Waals surface area contributed by atoms with Crippen molar-refractivity contribution in [1.82, 2.24) is 9.55 Å². The highest BCUT2D eigenvalue weighted by Gasteiger charge is 2.26. The van der Waals surface area contributed by atoms with Crippen LogP contribution in [-0.4, -0.2) is 9.55 Å². The molecule has 1 aromatic rings. The van der Waals surface area contributed by atoms with Gasteiger partial charge >= 0.3 is 0 Å². The van der Waals surface area contributed by atoms with E-state index in [9.17, 15) is 0 Å². The summed E-state index contributed by atoms with van der Waals surface area (Å²) in [4.78, 5) is 4.74. The van der Waals surface area contributed by atoms with E-state index in [0.29, 0.717) is 12.0 Å². The molecule has 16 heavy (non-hydrogen) atoms. The van der Waals surface area contributed by atoms with E-state index in [2.05, 4.69) is 53.0 Å². The molecule has 0 unspecified atom stereocenters. The molecule has 1 rings (SSSR count). The van der Waals surface area contributed by atoms with Crippen LogP contribution in [0.5, 0.6) is 0 Å². The lowest BCUT2D eigenvalue weighted by Crippen LogP contribution is -2.15. The Morgan fingerprint density at radius 2 is 1.62 bits per heavy atom. The van der Waals surface area contributed by atoms with Gasteiger partial charge in [-0.25, -0.2) is 4.98 Å². The third-order valence-electron chi connectivity index (χ3n) is 2.72. The number of nitrogen functional groups attached to an aromatic ring is 1. The molecule has 0 aliphatic carbocycles. The molecule has 0 aromatic carbocycles. The number of hydrogen-bond acceptors (Lipinski definition) is 2. The van der Waals surface area contributed by atoms with Crippen LogP contribution in [0.1, 0.15) is 71.9 Å². The van der Waals surface area contributed by atoms with Gasteiger partial charge in [-0.15, -0.1) is 0 Å². The molecule has 0 fully saturated rings. The second-order valence-corrected chi connectivity index (χ2v) is 6.07. The normalized spacial score (nSPS) is 12.8. The average molecular weight is 223 g/mol. The van der Waals surface area contributed by atoms with E-state index in [4.69, 9.17) is 10.7 Å². The highest BCUT2D eigenvalue weighted by molar-refractivity contribution is 5.43. The minimum atomic E-state index is 0.00780. The van der Waals surface area contributed by atoms with Gasteiger partial charge in [-0.3, -0.25) is 0 Å². The van der Waals surface area contributed by atoms with Crippen LogP contribution in [0.25, 0.3) is 0 Å². The summed E-state index contributed by atoms with van der Waals surface area (Å²) in [5.41, 5.74) is 7.26. The zero-order valence-electron chi connectivity index (χ0n) is 11.6. The minimum absolute atomic E-state index is 0.00780. The van der Waals surface area contributed by atoms with Gasteiger partial charge in [-0.05, 0) is 13.8 Å². The number of aromatic nitrogens is 2. The number of nitrogens with two attached hydrogens (primary N) is 1. The van der Waals surface area contributed by atoms with Gasteiger partial charge in [0, 0.05) is 17.4 Å². The predicted molar refractivity (Wildman–Crippen MR) is 69.8 cm³/mol. The zero-order valence-corrected chi connectivity index (χ0v) is 11.6. The van der Waals surface area contributed by atoms with Crippen molar-refractivity contribution >= 4 is 5.82 Å². The lowest BCUT2D eigenvalue weighted by atomic mass is 9.92. The Kier molecular flexibility index (Phi) is 3.36. The molecular weight excluding hydrogens is 198 g/mol. The molecule has 0 aliphatic heterocycles. The fraction of sp³-hybridized carbons (Fsp3) is 0.769. The van der Waals surface area contributed by atoms with Crippen LogP contribution in [0.15, 0.2) is 0 Å². The first-order valence-corrected chi connectivity index (χ1v) is 6.04. The smallest absolute Gasteiger partial charge is 0.127 e. The molecule has 0 amide bonds. The molecular formula is C13H25N3. The highest BCUT2D eigenvalue weighted by atomic mass is 15.2. The van der Waals surface area contributed by atoms with Gasteiger partial charge in [0.25, 0.3) is 0 Å². The number of anilines is 1. The van der Waals surface area contributed by atoms with Crippen molar-refractivity contribution in [3.8, 4) is 0 Å². The second kappa shape index (κ2) is 4.11. The van der Waals surface area contributed by atoms with Gasteiger partial charge in [-0.1, -0.05) is 34.6 Å². The summed E-state index contributed by atoms with van der Waals surface area (Å²) < 4.78 is 2.16. The van der Waals surface area contributed by atoms with Crippen LogP contribution in [0.2, 0.25) is 0 Å². The fourth-order valence-electron chi connectivity index (χ4n) is 1.97. The van der Waals surface area contributed by atoms with Crippen LogP contribution in [0, 0.1) is 0 Å². The minimum Gasteiger partial charge on any atom is -0.384 e. The summed E-state index contributed by atoms with van der Waals surface area (Å²) >= 11 is 0. The monoisotopic (exact) mass is 223 g/mol. The lowest BCUT2D eigenvalue weighted by Gasteiger charge is -2.18. The van der Waals surface area contributed by atoms with Gasteiger partial charge in [0.2, 0.25) is 0 Å². The molecule has 3 heteroatoms. The SMILES string of the molecule is CC(C)c1nc(C(C)(C)C)c(N)n1C(C)C. The summed E-state index contributed by atoms with van der Waals surface area (Å²) in [6.07, 6.45) is 0. The maximum absolute atomic E-state index is 6.23. The molecule has 2 N–H and O–H groups in total. The summed E-state index contributed by atoms with van der Waals surface area (Å²) in [7, 11) is 0. The molecule has 0 radical (unpaired) electrons. The number of nitrogens with zero attached hydrogens (tertiary/aromatic N) is 2. The second-order valence-electron chi connectivity index (χ2n) is 6.07.